The van der Waals surface area contributed by atoms with Crippen LogP contribution in [0.2, 0.25) is 5.02 Å². The molecule has 10 heteroatoms. The Morgan fingerprint density at radius 3 is 2.06 bits per heavy atom. The number of nitrogens with zero attached hydrogens (tertiary/aromatic N) is 5. The highest BCUT2D eigenvalue weighted by Gasteiger charge is 2.21. The van der Waals surface area contributed by atoms with Gasteiger partial charge in [-0.05, 0) is 60.7 Å². The summed E-state index contributed by atoms with van der Waals surface area (Å²) >= 11 is 5.97. The highest BCUT2D eigenvalue weighted by Crippen LogP contribution is 2.40. The molecular weight excluding hydrogens is 434 g/mol. The fourth-order valence-corrected chi connectivity index (χ4v) is 3.37. The van der Waals surface area contributed by atoms with Crippen LogP contribution in [0.4, 0.5) is 0 Å². The fourth-order valence-electron chi connectivity index (χ4n) is 3.25. The van der Waals surface area contributed by atoms with Crippen LogP contribution in [0.25, 0.3) is 39.5 Å². The first-order valence-corrected chi connectivity index (χ1v) is 9.72. The van der Waals surface area contributed by atoms with Gasteiger partial charge in [0.15, 0.2) is 23.1 Å². The largest absolute Gasteiger partial charge is 0.508 e. The van der Waals surface area contributed by atoms with E-state index in [1.165, 1.54) is 28.9 Å². The van der Waals surface area contributed by atoms with E-state index in [4.69, 9.17) is 11.6 Å². The van der Waals surface area contributed by atoms with Gasteiger partial charge >= 0.3 is 0 Å². The van der Waals surface area contributed by atoms with Crippen molar-refractivity contribution in [1.82, 2.24) is 25.0 Å². The molecule has 0 radical (unpaired) electrons. The number of halogens is 1. The lowest BCUT2D eigenvalue weighted by atomic mass is 10.1. The zero-order valence-corrected chi connectivity index (χ0v) is 16.9. The van der Waals surface area contributed by atoms with E-state index in [-0.39, 0.29) is 5.75 Å². The van der Waals surface area contributed by atoms with Gasteiger partial charge in [0.2, 0.25) is 5.65 Å². The van der Waals surface area contributed by atoms with Crippen LogP contribution in [0.15, 0.2) is 60.7 Å². The number of phenols is 4. The second kappa shape index (κ2) is 7.40. The smallest absolute Gasteiger partial charge is 0.204 e. The number of hydrogen-bond acceptors (Lipinski definition) is 8. The molecule has 3 aromatic carbocycles. The van der Waals surface area contributed by atoms with Crippen molar-refractivity contribution >= 4 is 22.8 Å². The number of hydrogen-bond donors (Lipinski definition) is 4. The molecule has 4 N–H and O–H groups in total. The third kappa shape index (κ3) is 3.30. The van der Waals surface area contributed by atoms with E-state index in [1.54, 1.807) is 36.4 Å². The van der Waals surface area contributed by atoms with Crippen LogP contribution in [0.1, 0.15) is 0 Å². The first-order chi connectivity index (χ1) is 15.4. The third-order valence-electron chi connectivity index (χ3n) is 4.83. The van der Waals surface area contributed by atoms with E-state index in [9.17, 15) is 20.4 Å². The summed E-state index contributed by atoms with van der Waals surface area (Å²) in [4.78, 5) is 4.62. The quantitative estimate of drug-likeness (QED) is 0.304. The van der Waals surface area contributed by atoms with E-state index in [2.05, 4.69) is 20.3 Å². The zero-order valence-electron chi connectivity index (χ0n) is 16.2. The summed E-state index contributed by atoms with van der Waals surface area (Å²) < 4.78 is 1.48. The maximum absolute atomic E-state index is 9.99. The second-order valence-electron chi connectivity index (χ2n) is 6.95. The van der Waals surface area contributed by atoms with Gasteiger partial charge in [-0.3, -0.25) is 0 Å². The van der Waals surface area contributed by atoms with Crippen molar-refractivity contribution in [2.24, 2.45) is 0 Å². The Morgan fingerprint density at radius 1 is 0.750 bits per heavy atom. The molecule has 0 aliphatic heterocycles. The lowest BCUT2D eigenvalue weighted by Gasteiger charge is -2.04. The number of rotatable bonds is 3. The monoisotopic (exact) mass is 447 g/mol. The summed E-state index contributed by atoms with van der Waals surface area (Å²) in [5.74, 6) is -1.23. The van der Waals surface area contributed by atoms with Crippen LogP contribution in [0, 0.1) is 0 Å². The van der Waals surface area contributed by atoms with Crippen LogP contribution in [0.5, 0.6) is 23.0 Å². The van der Waals surface area contributed by atoms with E-state index in [1.807, 2.05) is 0 Å². The van der Waals surface area contributed by atoms with E-state index in [0.29, 0.717) is 44.5 Å². The molecule has 0 amide bonds. The van der Waals surface area contributed by atoms with E-state index >= 15 is 0 Å². The van der Waals surface area contributed by atoms with Crippen LogP contribution in [-0.2, 0) is 0 Å². The van der Waals surface area contributed by atoms with Crippen LogP contribution in [0.3, 0.4) is 0 Å². The van der Waals surface area contributed by atoms with Gasteiger partial charge in [0.25, 0.3) is 0 Å². The molecule has 0 spiro atoms. The Balaban J connectivity index is 1.77. The van der Waals surface area contributed by atoms with Crippen molar-refractivity contribution in [2.45, 2.75) is 0 Å². The predicted molar refractivity (Wildman–Crippen MR) is 117 cm³/mol. The summed E-state index contributed by atoms with van der Waals surface area (Å²) in [7, 11) is 0. The minimum Gasteiger partial charge on any atom is -0.508 e. The molecular formula is C22H14ClN5O4. The zero-order chi connectivity index (χ0) is 22.4. The highest BCUT2D eigenvalue weighted by molar-refractivity contribution is 6.30. The maximum atomic E-state index is 9.99. The molecule has 9 nitrogen and oxygen atoms in total. The van der Waals surface area contributed by atoms with Crippen LogP contribution >= 0.6 is 11.6 Å². The number of aromatic hydroxyl groups is 4. The predicted octanol–water partition coefficient (Wildman–Crippen LogP) is 4.02. The molecule has 158 valence electrons. The van der Waals surface area contributed by atoms with E-state index < -0.39 is 17.2 Å². The summed E-state index contributed by atoms with van der Waals surface area (Å²) in [5.41, 5.74) is 2.54. The lowest BCUT2D eigenvalue weighted by Crippen LogP contribution is -2.00. The fraction of sp³-hybridized carbons (Fsp3) is 0. The SMILES string of the molecule is Oc1ccc(-n2nc(-c3cc(O)c(O)c(O)c3)c3nc(-c4ccc(Cl)cc4)nnc32)cc1. The van der Waals surface area contributed by atoms with Gasteiger partial charge in [-0.1, -0.05) is 11.6 Å². The van der Waals surface area contributed by atoms with Crippen molar-refractivity contribution in [3.05, 3.63) is 65.7 Å². The molecule has 5 aromatic rings. The van der Waals surface area contributed by atoms with Crippen molar-refractivity contribution in [2.75, 3.05) is 0 Å². The van der Waals surface area contributed by atoms with Crippen molar-refractivity contribution in [3.63, 3.8) is 0 Å². The molecule has 2 heterocycles. The Kier molecular flexibility index (Phi) is 4.53. The summed E-state index contributed by atoms with van der Waals surface area (Å²) in [5, 5.41) is 53.0. The van der Waals surface area contributed by atoms with Gasteiger partial charge in [0.1, 0.15) is 17.0 Å². The molecule has 0 aliphatic rings. The standard InChI is InChI=1S/C22H14ClN5O4/c23-13-3-1-11(2-4-13)21-24-19-18(12-9-16(30)20(32)17(31)10-12)27-28(22(19)26-25-21)14-5-7-15(29)8-6-14/h1-10,29-32H. The van der Waals surface area contributed by atoms with Crippen LogP contribution < -0.4 is 0 Å². The van der Waals surface area contributed by atoms with E-state index in [0.717, 1.165) is 0 Å². The Labute approximate surface area is 185 Å². The first-order valence-electron chi connectivity index (χ1n) is 9.35. The summed E-state index contributed by atoms with van der Waals surface area (Å²) in [6.45, 7) is 0. The second-order valence-corrected chi connectivity index (χ2v) is 7.39. The molecule has 0 saturated heterocycles. The minimum atomic E-state index is -0.634. The maximum Gasteiger partial charge on any atom is 0.204 e. The molecule has 2 aromatic heterocycles. The first kappa shape index (κ1) is 19.6. The van der Waals surface area contributed by atoms with Gasteiger partial charge in [0, 0.05) is 16.1 Å². The van der Waals surface area contributed by atoms with Gasteiger partial charge in [-0.2, -0.15) is 5.10 Å². The van der Waals surface area contributed by atoms with Crippen molar-refractivity contribution < 1.29 is 20.4 Å². The molecule has 32 heavy (non-hydrogen) atoms. The Hall–Kier alpha value is -4.37. The van der Waals surface area contributed by atoms with Gasteiger partial charge in [-0.15, -0.1) is 10.2 Å². The average molecular weight is 448 g/mol. The normalized spacial score (nSPS) is 11.2. The third-order valence-corrected chi connectivity index (χ3v) is 5.09. The highest BCUT2D eigenvalue weighted by atomic mass is 35.5. The molecule has 0 fully saturated rings. The van der Waals surface area contributed by atoms with Crippen molar-refractivity contribution in [3.8, 4) is 51.3 Å². The van der Waals surface area contributed by atoms with Gasteiger partial charge in [-0.25, -0.2) is 9.67 Å². The minimum absolute atomic E-state index is 0.0908. The summed E-state index contributed by atoms with van der Waals surface area (Å²) in [6, 6.07) is 15.8. The topological polar surface area (TPSA) is 137 Å². The van der Waals surface area contributed by atoms with Crippen LogP contribution in [-0.4, -0.2) is 45.4 Å². The number of aromatic nitrogens is 5. The number of benzene rings is 3. The summed E-state index contributed by atoms with van der Waals surface area (Å²) in [6.07, 6.45) is 0. The molecule has 0 aliphatic carbocycles. The lowest BCUT2D eigenvalue weighted by molar-refractivity contribution is 0.368. The van der Waals surface area contributed by atoms with Gasteiger partial charge < -0.3 is 20.4 Å². The Morgan fingerprint density at radius 2 is 1.41 bits per heavy atom. The number of fused-ring (bicyclic) bond motifs is 1. The average Bonchev–Trinajstić information content (AvgIpc) is 3.17. The molecule has 0 atom stereocenters. The Bertz CT molecular complexity index is 1440. The molecule has 5 rings (SSSR count). The van der Waals surface area contributed by atoms with Gasteiger partial charge in [0.05, 0.1) is 5.69 Å². The van der Waals surface area contributed by atoms with Crippen molar-refractivity contribution in [1.29, 1.82) is 0 Å². The number of phenolic OH excluding ortho intramolecular Hbond substituents is 4. The molecule has 0 saturated carbocycles. The molecule has 0 unspecified atom stereocenters. The molecule has 0 bridgehead atoms.